The van der Waals surface area contributed by atoms with E-state index in [9.17, 15) is 0 Å². The maximum atomic E-state index is 2.39. The number of hydrogen-bond acceptors (Lipinski definition) is 3. The molecule has 0 aliphatic heterocycles. The number of nitrogens with zero attached hydrogens (tertiary/aromatic N) is 6. The summed E-state index contributed by atoms with van der Waals surface area (Å²) >= 11 is 0. The van der Waals surface area contributed by atoms with Crippen molar-refractivity contribution in [1.29, 1.82) is 0 Å². The molecule has 354 valence electrons. The van der Waals surface area contributed by atoms with Crippen molar-refractivity contribution in [3.63, 3.8) is 0 Å². The Balaban J connectivity index is -0.0000000676. The van der Waals surface area contributed by atoms with E-state index in [4.69, 9.17) is 0 Å². The smallest absolute Gasteiger partial charge is 0.0952 e. The van der Waals surface area contributed by atoms with Crippen LogP contribution in [0, 0.1) is 33.1 Å². The molecule has 0 heterocycles. The molecule has 0 fully saturated rings. The Morgan fingerprint density at radius 1 is 0.429 bits per heavy atom. The summed E-state index contributed by atoms with van der Waals surface area (Å²) in [5, 5.41) is 0. The van der Waals surface area contributed by atoms with Crippen molar-refractivity contribution >= 4 is 0 Å². The highest BCUT2D eigenvalue weighted by molar-refractivity contribution is 4.78. The van der Waals surface area contributed by atoms with E-state index in [2.05, 4.69) is 217 Å². The number of rotatable bonds is 18. The topological polar surface area (TPSA) is 9.72 Å². The highest BCUT2D eigenvalue weighted by Crippen LogP contribution is 2.28. The van der Waals surface area contributed by atoms with Gasteiger partial charge in [0, 0.05) is 17.5 Å². The van der Waals surface area contributed by atoms with Crippen LogP contribution in [0.1, 0.15) is 162 Å². The molecule has 6 nitrogen and oxygen atoms in total. The maximum Gasteiger partial charge on any atom is 0.0952 e. The van der Waals surface area contributed by atoms with E-state index in [0.29, 0.717) is 21.9 Å². The largest absolute Gasteiger partial charge is 0.358 e. The fraction of sp³-hybridized carbons (Fsp3) is 0.940. The predicted molar refractivity (Wildman–Crippen MR) is 270 cm³/mol. The van der Waals surface area contributed by atoms with Gasteiger partial charge in [-0.2, -0.15) is 0 Å². The summed E-state index contributed by atoms with van der Waals surface area (Å²) in [6.45, 7) is 43.6. The summed E-state index contributed by atoms with van der Waals surface area (Å²) in [7, 11) is 28.8. The first-order valence-electron chi connectivity index (χ1n) is 22.2. The van der Waals surface area contributed by atoms with Gasteiger partial charge in [0.25, 0.3) is 0 Å². The number of hydrogen-bond donors (Lipinski definition) is 0. The molecular weight excluding hydrogens is 685 g/mol. The first-order valence-corrected chi connectivity index (χ1v) is 22.2. The van der Waals surface area contributed by atoms with Gasteiger partial charge in [-0.1, -0.05) is 83.1 Å². The van der Waals surface area contributed by atoms with Gasteiger partial charge in [0.2, 0.25) is 0 Å². The monoisotopic (exact) mass is 809 g/mol. The zero-order chi connectivity index (χ0) is 44.1. The van der Waals surface area contributed by atoms with Crippen LogP contribution >= 0.6 is 0 Å². The second-order valence-corrected chi connectivity index (χ2v) is 20.1. The van der Waals surface area contributed by atoms with Gasteiger partial charge in [-0.05, 0) is 133 Å². The van der Waals surface area contributed by atoms with Gasteiger partial charge < -0.3 is 50.4 Å². The summed E-state index contributed by atoms with van der Waals surface area (Å²) in [4.78, 5) is 6.82. The molecule has 0 rings (SSSR count). The SMILES string of the molecule is CCC(C)(CC)CN(C)C.CCC(C)(CC)C[N+](C)(C)C.CCC(C)(CC)N(C)C.CCC(C)(CC)[N+](C)(C)C.CCN(C)CC.CC[N+](C)(C)CC.[CH3-].[CH3-].[CH3-]. The van der Waals surface area contributed by atoms with E-state index in [0.717, 1.165) is 26.5 Å². The average Bonchev–Trinajstić information content (AvgIpc) is 3.10. The van der Waals surface area contributed by atoms with Gasteiger partial charge in [0.05, 0.1) is 81.6 Å². The van der Waals surface area contributed by atoms with E-state index in [1.807, 2.05) is 0 Å². The summed E-state index contributed by atoms with van der Waals surface area (Å²) in [5.41, 5.74) is 1.95. The molecular formula is C50H124N6. The minimum atomic E-state index is 0. The molecule has 0 aliphatic carbocycles. The van der Waals surface area contributed by atoms with Crippen LogP contribution in [0.15, 0.2) is 0 Å². The Kier molecular flexibility index (Phi) is 51.5. The second kappa shape index (κ2) is 37.7. The van der Waals surface area contributed by atoms with Crippen LogP contribution < -0.4 is 0 Å². The molecule has 0 aromatic heterocycles. The lowest BCUT2D eigenvalue weighted by atomic mass is 9.84. The average molecular weight is 810 g/mol. The Labute approximate surface area is 364 Å². The molecule has 0 aliphatic rings. The first kappa shape index (κ1) is 76.5. The lowest BCUT2D eigenvalue weighted by molar-refractivity contribution is -0.922. The summed E-state index contributed by atoms with van der Waals surface area (Å²) in [5.74, 6) is 0. The fourth-order valence-electron chi connectivity index (χ4n) is 5.38. The third-order valence-electron chi connectivity index (χ3n) is 13.5. The van der Waals surface area contributed by atoms with Crippen molar-refractivity contribution in [2.45, 2.75) is 173 Å². The molecule has 6 heteroatoms. The molecule has 0 atom stereocenters. The molecule has 0 bridgehead atoms. The van der Waals surface area contributed by atoms with Crippen molar-refractivity contribution in [3.05, 3.63) is 22.3 Å². The van der Waals surface area contributed by atoms with Crippen molar-refractivity contribution in [2.75, 3.05) is 131 Å². The van der Waals surface area contributed by atoms with E-state index in [1.165, 1.54) is 77.5 Å². The van der Waals surface area contributed by atoms with Crippen LogP contribution in [0.5, 0.6) is 0 Å². The quantitative estimate of drug-likeness (QED) is 0.101. The standard InChI is InChI=1S/C10H24N.C9H22N.C9H21N.C8H19N.C6H16N.C5H13N.3CH3/c1-7-10(3,8-2)9-11(4,5)6;1-7-9(3,8-2)10(4,5)6;1-6-9(3,7-2)8-10(4)5;1-6-8(3,7-2)9(4)5;1-5-7(3,4)6-2;1-4-6(3)5-2;;;/h7-9H2,1-6H3;7-8H2,1-6H3;6-8H2,1-5H3;6-7H2,1-5H3;5-6H2,1-4H3;4-5H2,1-3H3;3*1H3/q2*+1;;;+1;;3*-1. The third kappa shape index (κ3) is 41.9. The number of quaternary nitrogens is 3. The van der Waals surface area contributed by atoms with Crippen LogP contribution in [0.25, 0.3) is 0 Å². The minimum Gasteiger partial charge on any atom is -0.358 e. The van der Waals surface area contributed by atoms with Crippen molar-refractivity contribution in [1.82, 2.24) is 14.7 Å². The Morgan fingerprint density at radius 3 is 0.768 bits per heavy atom. The predicted octanol–water partition coefficient (Wildman–Crippen LogP) is 12.7. The van der Waals surface area contributed by atoms with Gasteiger partial charge in [0.15, 0.2) is 0 Å². The zero-order valence-corrected chi connectivity index (χ0v) is 46.6. The molecule has 0 saturated heterocycles. The van der Waals surface area contributed by atoms with Crippen LogP contribution in [-0.4, -0.2) is 170 Å². The zero-order valence-electron chi connectivity index (χ0n) is 46.6. The van der Waals surface area contributed by atoms with E-state index < -0.39 is 0 Å². The van der Waals surface area contributed by atoms with Crippen LogP contribution in [-0.2, 0) is 0 Å². The lowest BCUT2D eigenvalue weighted by Crippen LogP contribution is -2.54. The molecule has 0 spiro atoms. The molecule has 0 radical (unpaired) electrons. The van der Waals surface area contributed by atoms with Crippen molar-refractivity contribution < 1.29 is 13.4 Å². The van der Waals surface area contributed by atoms with Crippen LogP contribution in [0.4, 0.5) is 0 Å². The Hall–Kier alpha value is -0.240. The van der Waals surface area contributed by atoms with Crippen LogP contribution in [0.3, 0.4) is 0 Å². The maximum absolute atomic E-state index is 2.39. The fourth-order valence-corrected chi connectivity index (χ4v) is 5.38. The minimum absolute atomic E-state index is 0. The summed E-state index contributed by atoms with van der Waals surface area (Å²) in [6.07, 6.45) is 10.1. The molecule has 0 saturated carbocycles. The van der Waals surface area contributed by atoms with Gasteiger partial charge in [-0.3, -0.25) is 0 Å². The Morgan fingerprint density at radius 2 is 0.732 bits per heavy atom. The van der Waals surface area contributed by atoms with Crippen LogP contribution in [0.2, 0.25) is 0 Å². The van der Waals surface area contributed by atoms with Crippen molar-refractivity contribution in [3.8, 4) is 0 Å². The molecule has 0 aromatic rings. The third-order valence-corrected chi connectivity index (χ3v) is 13.5. The van der Waals surface area contributed by atoms with E-state index in [-0.39, 0.29) is 22.3 Å². The molecule has 0 aromatic carbocycles. The van der Waals surface area contributed by atoms with Gasteiger partial charge in [0.1, 0.15) is 0 Å². The highest BCUT2D eigenvalue weighted by atomic mass is 15.3. The summed E-state index contributed by atoms with van der Waals surface area (Å²) in [6, 6.07) is 0. The van der Waals surface area contributed by atoms with Gasteiger partial charge >= 0.3 is 0 Å². The van der Waals surface area contributed by atoms with Crippen molar-refractivity contribution in [2.24, 2.45) is 10.8 Å². The molecule has 56 heavy (non-hydrogen) atoms. The molecule has 0 unspecified atom stereocenters. The van der Waals surface area contributed by atoms with Gasteiger partial charge in [-0.25, -0.2) is 0 Å². The van der Waals surface area contributed by atoms with Gasteiger partial charge in [-0.15, -0.1) is 0 Å². The second-order valence-electron chi connectivity index (χ2n) is 20.1. The van der Waals surface area contributed by atoms with E-state index in [1.54, 1.807) is 0 Å². The summed E-state index contributed by atoms with van der Waals surface area (Å²) < 4.78 is 3.29. The Bertz CT molecular complexity index is 749. The first-order chi connectivity index (χ1) is 23.7. The molecule has 0 amide bonds. The molecule has 0 N–H and O–H groups in total. The lowest BCUT2D eigenvalue weighted by Gasteiger charge is -2.43. The van der Waals surface area contributed by atoms with E-state index >= 15 is 0 Å². The highest BCUT2D eigenvalue weighted by Gasteiger charge is 2.33. The normalized spacial score (nSPS) is 12.0.